The van der Waals surface area contributed by atoms with Gasteiger partial charge in [0.25, 0.3) is 0 Å². The van der Waals surface area contributed by atoms with Gasteiger partial charge in [-0.3, -0.25) is 0 Å². The van der Waals surface area contributed by atoms with Crippen LogP contribution in [0.3, 0.4) is 0 Å². The predicted octanol–water partition coefficient (Wildman–Crippen LogP) is 3.64. The molecule has 0 saturated heterocycles. The van der Waals surface area contributed by atoms with Gasteiger partial charge in [0.15, 0.2) is 0 Å². The van der Waals surface area contributed by atoms with Crippen LogP contribution in [0.5, 0.6) is 0 Å². The lowest BCUT2D eigenvalue weighted by Crippen LogP contribution is -1.79. The highest BCUT2D eigenvalue weighted by atomic mass is 14.0. The van der Waals surface area contributed by atoms with E-state index in [2.05, 4.69) is 32.2 Å². The molecule has 0 N–H and O–H groups in total. The molecule has 0 heterocycles. The second-order valence-electron chi connectivity index (χ2n) is 2.62. The average Bonchev–Trinajstić information content (AvgIpc) is 1.99. The van der Waals surface area contributed by atoms with Gasteiger partial charge < -0.3 is 0 Å². The number of allylic oxidation sites excluding steroid dienone is 6. The normalized spacial score (nSPS) is 13.0. The van der Waals surface area contributed by atoms with Gasteiger partial charge in [-0.1, -0.05) is 42.5 Å². The van der Waals surface area contributed by atoms with E-state index < -0.39 is 0 Å². The molecule has 0 fully saturated rings. The Morgan fingerprint density at radius 2 is 1.82 bits per heavy atom. The highest BCUT2D eigenvalue weighted by Crippen LogP contribution is 2.10. The van der Waals surface area contributed by atoms with E-state index >= 15 is 0 Å². The van der Waals surface area contributed by atoms with Crippen molar-refractivity contribution in [2.24, 2.45) is 0 Å². The molecule has 0 nitrogen and oxygen atoms in total. The van der Waals surface area contributed by atoms with E-state index in [9.17, 15) is 0 Å². The molecule has 60 valence electrons. The van der Waals surface area contributed by atoms with Crippen molar-refractivity contribution < 1.29 is 0 Å². The maximum absolute atomic E-state index is 3.85. The molecule has 0 unspecified atom stereocenters. The number of hydrogen-bond donors (Lipinski definition) is 0. The van der Waals surface area contributed by atoms with Crippen molar-refractivity contribution in [1.29, 1.82) is 0 Å². The second-order valence-corrected chi connectivity index (χ2v) is 2.62. The van der Waals surface area contributed by atoms with Crippen LogP contribution in [0, 0.1) is 0 Å². The minimum absolute atomic E-state index is 1.06. The fourth-order valence-electron chi connectivity index (χ4n) is 0.685. The SMILES string of the molecule is C=C/C(=C/C(C)=C\C)C(=C)C. The Balaban J connectivity index is 4.62. The van der Waals surface area contributed by atoms with Crippen molar-refractivity contribution >= 4 is 0 Å². The summed E-state index contributed by atoms with van der Waals surface area (Å²) in [7, 11) is 0. The van der Waals surface area contributed by atoms with Gasteiger partial charge >= 0.3 is 0 Å². The quantitative estimate of drug-likeness (QED) is 0.536. The summed E-state index contributed by atoms with van der Waals surface area (Å²) in [6, 6.07) is 0. The van der Waals surface area contributed by atoms with Crippen LogP contribution in [-0.4, -0.2) is 0 Å². The molecule has 11 heavy (non-hydrogen) atoms. The molecule has 0 aliphatic carbocycles. The molecule has 0 amide bonds. The zero-order valence-corrected chi connectivity index (χ0v) is 7.65. The lowest BCUT2D eigenvalue weighted by atomic mass is 10.1. The highest BCUT2D eigenvalue weighted by Gasteiger charge is 1.90. The van der Waals surface area contributed by atoms with Gasteiger partial charge in [-0.05, 0) is 26.3 Å². The minimum atomic E-state index is 1.06. The van der Waals surface area contributed by atoms with E-state index in [0.29, 0.717) is 0 Å². The van der Waals surface area contributed by atoms with E-state index in [1.807, 2.05) is 19.9 Å². The van der Waals surface area contributed by atoms with Crippen molar-refractivity contribution in [3.63, 3.8) is 0 Å². The molecule has 0 aromatic rings. The summed E-state index contributed by atoms with van der Waals surface area (Å²) in [5.74, 6) is 0. The molecule has 0 bridgehead atoms. The zero-order chi connectivity index (χ0) is 8.85. The minimum Gasteiger partial charge on any atom is -0.0985 e. The summed E-state index contributed by atoms with van der Waals surface area (Å²) in [5, 5.41) is 0. The second kappa shape index (κ2) is 4.73. The molecule has 0 heteroatoms. The van der Waals surface area contributed by atoms with E-state index in [1.54, 1.807) is 0 Å². The first-order valence-corrected chi connectivity index (χ1v) is 3.74. The van der Waals surface area contributed by atoms with Crippen LogP contribution in [-0.2, 0) is 0 Å². The monoisotopic (exact) mass is 148 g/mol. The van der Waals surface area contributed by atoms with Crippen molar-refractivity contribution in [2.45, 2.75) is 20.8 Å². The van der Waals surface area contributed by atoms with E-state index in [1.165, 1.54) is 5.57 Å². The molecule has 0 radical (unpaired) electrons. The molecule has 0 aliphatic rings. The maximum atomic E-state index is 3.85. The van der Waals surface area contributed by atoms with Crippen molar-refractivity contribution in [3.8, 4) is 0 Å². The number of rotatable bonds is 3. The Hall–Kier alpha value is -1.04. The molecule has 0 aliphatic heterocycles. The van der Waals surface area contributed by atoms with Crippen LogP contribution in [0.4, 0.5) is 0 Å². The van der Waals surface area contributed by atoms with Crippen LogP contribution in [0.15, 0.2) is 48.1 Å². The van der Waals surface area contributed by atoms with Crippen LogP contribution < -0.4 is 0 Å². The molecular formula is C11H16. The molecule has 0 saturated carbocycles. The van der Waals surface area contributed by atoms with Crippen LogP contribution in [0.1, 0.15) is 20.8 Å². The molecule has 0 aromatic heterocycles. The van der Waals surface area contributed by atoms with Crippen molar-refractivity contribution in [3.05, 3.63) is 48.1 Å². The maximum Gasteiger partial charge on any atom is -0.0237 e. The first kappa shape index (κ1) is 9.96. The smallest absolute Gasteiger partial charge is 0.0237 e. The molecule has 0 aromatic carbocycles. The van der Waals surface area contributed by atoms with E-state index in [0.717, 1.165) is 11.1 Å². The predicted molar refractivity (Wildman–Crippen MR) is 52.5 cm³/mol. The fraction of sp³-hybridized carbons (Fsp3) is 0.273. The topological polar surface area (TPSA) is 0 Å². The fourth-order valence-corrected chi connectivity index (χ4v) is 0.685. The molecule has 0 spiro atoms. The first-order chi connectivity index (χ1) is 5.11. The van der Waals surface area contributed by atoms with Gasteiger partial charge in [-0.25, -0.2) is 0 Å². The Kier molecular flexibility index (Phi) is 4.28. The zero-order valence-electron chi connectivity index (χ0n) is 7.65. The van der Waals surface area contributed by atoms with Crippen LogP contribution >= 0.6 is 0 Å². The molecular weight excluding hydrogens is 132 g/mol. The summed E-state index contributed by atoms with van der Waals surface area (Å²) in [5.41, 5.74) is 3.41. The summed E-state index contributed by atoms with van der Waals surface area (Å²) in [4.78, 5) is 0. The van der Waals surface area contributed by atoms with Crippen LogP contribution in [0.25, 0.3) is 0 Å². The van der Waals surface area contributed by atoms with Gasteiger partial charge in [-0.2, -0.15) is 0 Å². The highest BCUT2D eigenvalue weighted by molar-refractivity contribution is 5.40. The molecule has 0 rings (SSSR count). The van der Waals surface area contributed by atoms with Gasteiger partial charge in [0.2, 0.25) is 0 Å². The lowest BCUT2D eigenvalue weighted by Gasteiger charge is -1.99. The first-order valence-electron chi connectivity index (χ1n) is 3.74. The Labute approximate surface area is 69.6 Å². The van der Waals surface area contributed by atoms with E-state index in [4.69, 9.17) is 0 Å². The van der Waals surface area contributed by atoms with Crippen molar-refractivity contribution in [2.75, 3.05) is 0 Å². The molecule has 0 atom stereocenters. The van der Waals surface area contributed by atoms with Crippen molar-refractivity contribution in [1.82, 2.24) is 0 Å². The summed E-state index contributed by atoms with van der Waals surface area (Å²) in [6.45, 7) is 13.6. The van der Waals surface area contributed by atoms with Gasteiger partial charge in [0, 0.05) is 0 Å². The average molecular weight is 148 g/mol. The van der Waals surface area contributed by atoms with Gasteiger partial charge in [0.1, 0.15) is 0 Å². The third kappa shape index (κ3) is 3.61. The third-order valence-corrected chi connectivity index (χ3v) is 1.55. The summed E-state index contributed by atoms with van der Waals surface area (Å²) < 4.78 is 0. The standard InChI is InChI=1S/C11H16/c1-6-10(5)8-11(7-2)9(3)4/h6-8H,2-3H2,1,4-5H3/b10-6-,11-8-. The van der Waals surface area contributed by atoms with E-state index in [-0.39, 0.29) is 0 Å². The van der Waals surface area contributed by atoms with Gasteiger partial charge in [0.05, 0.1) is 0 Å². The van der Waals surface area contributed by atoms with Gasteiger partial charge in [-0.15, -0.1) is 0 Å². The third-order valence-electron chi connectivity index (χ3n) is 1.55. The number of hydrogen-bond acceptors (Lipinski definition) is 0. The summed E-state index contributed by atoms with van der Waals surface area (Å²) >= 11 is 0. The Morgan fingerprint density at radius 3 is 2.09 bits per heavy atom. The lowest BCUT2D eigenvalue weighted by molar-refractivity contribution is 1.40. The Morgan fingerprint density at radius 1 is 1.27 bits per heavy atom. The summed E-state index contributed by atoms with van der Waals surface area (Å²) in [6.07, 6.45) is 5.97. The Bertz CT molecular complexity index is 214. The van der Waals surface area contributed by atoms with Crippen LogP contribution in [0.2, 0.25) is 0 Å². The largest absolute Gasteiger partial charge is 0.0985 e.